The van der Waals surface area contributed by atoms with E-state index in [1.807, 2.05) is 0 Å². The highest BCUT2D eigenvalue weighted by molar-refractivity contribution is 6.58. The number of rotatable bonds is 2. The number of carbonyl (C=O) groups is 4. The number of nitrogens with one attached hydrogen (secondary N) is 1. The van der Waals surface area contributed by atoms with E-state index in [1.54, 1.807) is 18.2 Å². The number of phenols is 1. The summed E-state index contributed by atoms with van der Waals surface area (Å²) < 4.78 is 13.6. The van der Waals surface area contributed by atoms with Gasteiger partial charge < -0.3 is 5.11 Å². The zero-order valence-corrected chi connectivity index (χ0v) is 20.1. The van der Waals surface area contributed by atoms with E-state index in [2.05, 4.69) is 5.32 Å². The average molecular weight is 529 g/mol. The van der Waals surface area contributed by atoms with Crippen molar-refractivity contribution in [3.8, 4) is 5.75 Å². The largest absolute Gasteiger partial charge is 0.508 e. The highest BCUT2D eigenvalue weighted by atomic mass is 35.5. The summed E-state index contributed by atoms with van der Waals surface area (Å²) in [6.45, 7) is 0. The summed E-state index contributed by atoms with van der Waals surface area (Å²) in [5.41, 5.74) is 1.18. The molecule has 0 unspecified atom stereocenters. The molecule has 2 aromatic carbocycles. The summed E-state index contributed by atoms with van der Waals surface area (Å²) in [5, 5.41) is 12.6. The monoisotopic (exact) mass is 528 g/mol. The van der Waals surface area contributed by atoms with E-state index in [9.17, 15) is 28.7 Å². The molecule has 6 atom stereocenters. The van der Waals surface area contributed by atoms with Crippen molar-refractivity contribution in [2.24, 2.45) is 17.8 Å². The minimum Gasteiger partial charge on any atom is -0.508 e. The van der Waals surface area contributed by atoms with Gasteiger partial charge in [0.2, 0.25) is 11.8 Å². The minimum absolute atomic E-state index is 0.0784. The van der Waals surface area contributed by atoms with Crippen LogP contribution < -0.4 is 10.2 Å². The second-order valence-corrected chi connectivity index (χ2v) is 10.9. The Morgan fingerprint density at radius 1 is 0.972 bits per heavy atom. The van der Waals surface area contributed by atoms with Crippen molar-refractivity contribution in [2.75, 3.05) is 4.90 Å². The van der Waals surface area contributed by atoms with Crippen LogP contribution in [0.5, 0.6) is 5.75 Å². The first kappa shape index (κ1) is 23.2. The lowest BCUT2D eigenvalue weighted by Gasteiger charge is -2.50. The molecule has 6 rings (SSSR count). The molecule has 1 saturated carbocycles. The number of aromatic hydroxyl groups is 1. The fraction of sp³-hybridized carbons (Fsp3) is 0.308. The molecule has 184 valence electrons. The Hall–Kier alpha value is -3.23. The van der Waals surface area contributed by atoms with Gasteiger partial charge >= 0.3 is 0 Å². The van der Waals surface area contributed by atoms with E-state index < -0.39 is 57.0 Å². The zero-order chi connectivity index (χ0) is 25.6. The maximum Gasteiger partial charge on any atom is 0.258 e. The fourth-order valence-corrected chi connectivity index (χ4v) is 7.32. The summed E-state index contributed by atoms with van der Waals surface area (Å²) in [6.07, 6.45) is 1.91. The Bertz CT molecular complexity index is 1390. The molecule has 4 amide bonds. The first-order valence-corrected chi connectivity index (χ1v) is 12.2. The number of fused-ring (bicyclic) bond motifs is 4. The van der Waals surface area contributed by atoms with E-state index in [0.29, 0.717) is 11.1 Å². The predicted molar refractivity (Wildman–Crippen MR) is 128 cm³/mol. The van der Waals surface area contributed by atoms with Crippen LogP contribution in [0.4, 0.5) is 10.1 Å². The third-order valence-electron chi connectivity index (χ3n) is 7.94. The third kappa shape index (κ3) is 2.85. The van der Waals surface area contributed by atoms with E-state index in [0.717, 1.165) is 17.0 Å². The van der Waals surface area contributed by atoms with Crippen molar-refractivity contribution in [3.05, 3.63) is 71.6 Å². The Labute approximate surface area is 214 Å². The van der Waals surface area contributed by atoms with Crippen molar-refractivity contribution in [1.82, 2.24) is 5.32 Å². The number of anilines is 1. The van der Waals surface area contributed by atoms with Gasteiger partial charge in [-0.3, -0.25) is 24.5 Å². The number of hydrogen-bond donors (Lipinski definition) is 2. The van der Waals surface area contributed by atoms with Crippen LogP contribution in [0.15, 0.2) is 60.2 Å². The molecule has 2 aromatic rings. The molecule has 2 aliphatic carbocycles. The molecule has 4 aliphatic rings. The molecule has 10 heteroatoms. The number of amides is 4. The van der Waals surface area contributed by atoms with Crippen LogP contribution in [0.1, 0.15) is 24.3 Å². The summed E-state index contributed by atoms with van der Waals surface area (Å²) in [5.74, 6) is -6.03. The van der Waals surface area contributed by atoms with Crippen molar-refractivity contribution >= 4 is 52.5 Å². The van der Waals surface area contributed by atoms with Gasteiger partial charge in [0.25, 0.3) is 11.8 Å². The number of alkyl halides is 2. The summed E-state index contributed by atoms with van der Waals surface area (Å²) in [6, 6.07) is 11.0. The van der Waals surface area contributed by atoms with Crippen molar-refractivity contribution in [3.63, 3.8) is 0 Å². The van der Waals surface area contributed by atoms with Gasteiger partial charge in [0.15, 0.2) is 9.75 Å². The topological polar surface area (TPSA) is 104 Å². The second kappa shape index (κ2) is 7.63. The summed E-state index contributed by atoms with van der Waals surface area (Å²) >= 11 is 14.3. The van der Waals surface area contributed by atoms with Gasteiger partial charge in [0.05, 0.1) is 17.5 Å². The Balaban J connectivity index is 1.58. The van der Waals surface area contributed by atoms with Crippen molar-refractivity contribution in [2.45, 2.75) is 28.5 Å². The Morgan fingerprint density at radius 3 is 2.39 bits per heavy atom. The number of hydrogen-bond acceptors (Lipinski definition) is 5. The number of benzene rings is 2. The van der Waals surface area contributed by atoms with Gasteiger partial charge in [0, 0.05) is 5.92 Å². The van der Waals surface area contributed by atoms with E-state index in [4.69, 9.17) is 23.2 Å². The first-order chi connectivity index (χ1) is 17.1. The predicted octanol–water partition coefficient (Wildman–Crippen LogP) is 3.38. The highest BCUT2D eigenvalue weighted by Gasteiger charge is 2.76. The van der Waals surface area contributed by atoms with Gasteiger partial charge in [-0.1, -0.05) is 23.8 Å². The van der Waals surface area contributed by atoms with Gasteiger partial charge in [-0.15, -0.1) is 23.2 Å². The number of phenolic OH excluding ortho intramolecular Hbond substituents is 1. The maximum atomic E-state index is 14.0. The molecule has 3 fully saturated rings. The molecular formula is C26H19Cl2FN2O5. The molecule has 0 bridgehead atoms. The normalized spacial score (nSPS) is 35.2. The van der Waals surface area contributed by atoms with Crippen LogP contribution in [-0.2, 0) is 19.2 Å². The van der Waals surface area contributed by atoms with Gasteiger partial charge in [0.1, 0.15) is 11.6 Å². The van der Waals surface area contributed by atoms with Crippen LogP contribution in [0, 0.1) is 23.6 Å². The Kier molecular flexibility index (Phi) is 4.92. The molecule has 2 saturated heterocycles. The minimum atomic E-state index is -2.01. The molecule has 2 heterocycles. The molecule has 2 aliphatic heterocycles. The number of imide groups is 2. The van der Waals surface area contributed by atoms with Gasteiger partial charge in [-0.2, -0.15) is 0 Å². The standard InChI is InChI=1S/C26H19Cl2FN2O5/c27-25-11-18-16(8-9-17-19(18)22(34)30-21(17)33)20(12-2-1-3-15(32)10-12)26(25,28)24(36)31(23(25)35)14-6-4-13(29)5-7-14/h1-8,10,17-20,32H,9,11H2,(H,30,33,34)/t17-,18+,19-,20-,25+,26-/m0/s1. The molecule has 0 radical (unpaired) electrons. The maximum absolute atomic E-state index is 14.0. The smallest absolute Gasteiger partial charge is 0.258 e. The fourth-order valence-electron chi connectivity index (χ4n) is 6.39. The molecule has 36 heavy (non-hydrogen) atoms. The lowest BCUT2D eigenvalue weighted by Crippen LogP contribution is -2.60. The van der Waals surface area contributed by atoms with Crippen LogP contribution in [0.25, 0.3) is 0 Å². The molecule has 7 nitrogen and oxygen atoms in total. The van der Waals surface area contributed by atoms with Crippen LogP contribution in [0.3, 0.4) is 0 Å². The first-order valence-electron chi connectivity index (χ1n) is 11.4. The third-order valence-corrected chi connectivity index (χ3v) is 9.36. The van der Waals surface area contributed by atoms with E-state index in [-0.39, 0.29) is 30.2 Å². The lowest BCUT2D eigenvalue weighted by atomic mass is 9.56. The SMILES string of the molecule is O=C1NC(=O)[C@H]2CC=C3[C@@H](C[C@@]4(Cl)C(=O)N(c5ccc(F)cc5)C(=O)[C@@]4(Cl)[C@H]3c3cccc(O)c3)[C@@H]12. The van der Waals surface area contributed by atoms with E-state index >= 15 is 0 Å². The quantitative estimate of drug-likeness (QED) is 0.353. The highest BCUT2D eigenvalue weighted by Crippen LogP contribution is 2.65. The number of carbonyl (C=O) groups excluding carboxylic acids is 4. The number of allylic oxidation sites excluding steroid dienone is 2. The molecule has 2 N–H and O–H groups in total. The zero-order valence-electron chi connectivity index (χ0n) is 18.6. The number of halogens is 3. The van der Waals surface area contributed by atoms with Crippen LogP contribution >= 0.6 is 23.2 Å². The van der Waals surface area contributed by atoms with Crippen LogP contribution in [0.2, 0.25) is 0 Å². The summed E-state index contributed by atoms with van der Waals surface area (Å²) in [4.78, 5) is 50.0. The van der Waals surface area contributed by atoms with Crippen molar-refractivity contribution < 1.29 is 28.7 Å². The second-order valence-electron chi connectivity index (χ2n) is 9.70. The van der Waals surface area contributed by atoms with Crippen LogP contribution in [-0.4, -0.2) is 38.5 Å². The molecular weight excluding hydrogens is 510 g/mol. The molecule has 0 aromatic heterocycles. The Morgan fingerprint density at radius 2 is 1.69 bits per heavy atom. The van der Waals surface area contributed by atoms with Crippen molar-refractivity contribution in [1.29, 1.82) is 0 Å². The average Bonchev–Trinajstić information content (AvgIpc) is 3.21. The number of nitrogens with zero attached hydrogens (tertiary/aromatic N) is 1. The lowest BCUT2D eigenvalue weighted by molar-refractivity contribution is -0.127. The van der Waals surface area contributed by atoms with Gasteiger partial charge in [-0.25, -0.2) is 9.29 Å². The molecule has 0 spiro atoms. The van der Waals surface area contributed by atoms with Gasteiger partial charge in [-0.05, 0) is 60.7 Å². The van der Waals surface area contributed by atoms with E-state index in [1.165, 1.54) is 24.3 Å². The summed E-state index contributed by atoms with van der Waals surface area (Å²) in [7, 11) is 0.